The van der Waals surface area contributed by atoms with Crippen LogP contribution in [-0.2, 0) is 86.3 Å². The molecule has 34 heteroatoms. The minimum Gasteiger partial charge on any atom is -0.481 e. The quantitative estimate of drug-likeness (QED) is 0.0257. The number of nitrogens with one attached hydrogen (secondary N) is 2. The summed E-state index contributed by atoms with van der Waals surface area (Å²) in [4.78, 5) is 248. The molecule has 4 atom stereocenters. The summed E-state index contributed by atoms with van der Waals surface area (Å²) >= 11 is 0. The largest absolute Gasteiger partial charge is 0.481 e. The molecule has 0 fully saturated rings. The molecule has 102 heavy (non-hydrogen) atoms. The van der Waals surface area contributed by atoms with Crippen molar-refractivity contribution in [2.24, 2.45) is 52.0 Å². The van der Waals surface area contributed by atoms with Crippen molar-refractivity contribution in [2.75, 3.05) is 149 Å². The molecule has 0 aliphatic rings. The number of carboxylic acids is 1. The average molecular weight is 1450 g/mol. The Kier molecular flexibility index (Phi) is 42.7. The van der Waals surface area contributed by atoms with Gasteiger partial charge in [-0.2, -0.15) is 0 Å². The third-order valence-corrected chi connectivity index (χ3v) is 16.9. The zero-order chi connectivity index (χ0) is 78.6. The topological polar surface area (TPSA) is 448 Å². The van der Waals surface area contributed by atoms with Gasteiger partial charge in [-0.25, -0.2) is 0 Å². The van der Waals surface area contributed by atoms with Crippen LogP contribution in [0.25, 0.3) is 0 Å². The molecule has 0 spiro atoms. The van der Waals surface area contributed by atoms with Crippen molar-refractivity contribution < 1.29 is 91.4 Å². The highest BCUT2D eigenvalue weighted by molar-refractivity contribution is 5.98. The van der Waals surface area contributed by atoms with Crippen LogP contribution in [0.15, 0.2) is 4.99 Å². The number of nitrogens with two attached hydrogens (primary N) is 2. The first-order valence-electron chi connectivity index (χ1n) is 34.2. The lowest BCUT2D eigenvalue weighted by molar-refractivity contribution is -0.146. The van der Waals surface area contributed by atoms with Gasteiger partial charge in [-0.3, -0.25) is 91.3 Å². The van der Waals surface area contributed by atoms with Crippen LogP contribution >= 0.6 is 0 Å². The smallest absolute Gasteiger partial charge is 0.303 e. The van der Waals surface area contributed by atoms with E-state index in [0.29, 0.717) is 32.2 Å². The van der Waals surface area contributed by atoms with Crippen LogP contribution in [0.1, 0.15) is 132 Å². The third-order valence-electron chi connectivity index (χ3n) is 16.9. The van der Waals surface area contributed by atoms with E-state index in [0.717, 1.165) is 49.0 Å². The number of nitrogens with zero attached hydrogens (tertiary/aromatic N) is 11. The van der Waals surface area contributed by atoms with Crippen molar-refractivity contribution in [1.82, 2.24) is 59.6 Å². The van der Waals surface area contributed by atoms with Crippen molar-refractivity contribution in [3.63, 3.8) is 0 Å². The monoisotopic (exact) mass is 1450 g/mol. The highest BCUT2D eigenvalue weighted by Crippen LogP contribution is 2.28. The van der Waals surface area contributed by atoms with Crippen LogP contribution in [0.5, 0.6) is 0 Å². The second-order valence-corrected chi connectivity index (χ2v) is 27.4. The maximum absolute atomic E-state index is 14.0. The van der Waals surface area contributed by atoms with Crippen molar-refractivity contribution in [3.8, 4) is 0 Å². The number of hydrogen-bond donors (Lipinski definition) is 5. The van der Waals surface area contributed by atoms with Gasteiger partial charge in [-0.1, -0.05) is 48.0 Å². The van der Waals surface area contributed by atoms with Gasteiger partial charge < -0.3 is 76.2 Å². The number of hydrogen-bond acceptors (Lipinski definition) is 19. The van der Waals surface area contributed by atoms with Crippen LogP contribution in [0.2, 0.25) is 0 Å². The Labute approximate surface area is 599 Å². The number of amides is 12. The van der Waals surface area contributed by atoms with Gasteiger partial charge in [-0.05, 0) is 44.9 Å². The van der Waals surface area contributed by atoms with Gasteiger partial charge >= 0.3 is 5.97 Å². The summed E-state index contributed by atoms with van der Waals surface area (Å²) in [6, 6.07) is -1.14. The van der Waals surface area contributed by atoms with Crippen LogP contribution in [0, 0.1) is 35.5 Å². The number of unbranched alkanes of at least 4 members (excludes halogenated alkanes) is 1. The zero-order valence-corrected chi connectivity index (χ0v) is 63.1. The van der Waals surface area contributed by atoms with Crippen molar-refractivity contribution in [1.29, 1.82) is 0 Å². The van der Waals surface area contributed by atoms with E-state index in [2.05, 4.69) is 15.6 Å². The average Bonchev–Trinajstić information content (AvgIpc) is 0.872. The lowest BCUT2D eigenvalue weighted by atomic mass is 9.79. The summed E-state index contributed by atoms with van der Waals surface area (Å²) in [7, 11) is 13.1. The lowest BCUT2D eigenvalue weighted by Crippen LogP contribution is -2.49. The molecule has 0 radical (unpaired) electrons. The molecule has 576 valence electrons. The Morgan fingerprint density at radius 3 is 1.07 bits per heavy atom. The van der Waals surface area contributed by atoms with E-state index < -0.39 is 183 Å². The van der Waals surface area contributed by atoms with E-state index in [1.807, 2.05) is 13.8 Å². The lowest BCUT2D eigenvalue weighted by Gasteiger charge is -2.27. The molecule has 0 bridgehead atoms. The van der Waals surface area contributed by atoms with Gasteiger partial charge in [0.05, 0.1) is 71.5 Å². The molecule has 0 aliphatic heterocycles. The summed E-state index contributed by atoms with van der Waals surface area (Å²) in [5.74, 6) is -13.5. The molecule has 0 aromatic rings. The molecular weight excluding hydrogens is 1330 g/mol. The molecule has 0 heterocycles. The van der Waals surface area contributed by atoms with Gasteiger partial charge in [0.15, 0.2) is 11.7 Å². The van der Waals surface area contributed by atoms with Crippen LogP contribution in [0.3, 0.4) is 0 Å². The number of ketones is 5. The van der Waals surface area contributed by atoms with Gasteiger partial charge in [0.1, 0.15) is 23.1 Å². The molecule has 0 rings (SSSR count). The van der Waals surface area contributed by atoms with Gasteiger partial charge in [-0.15, -0.1) is 0 Å². The van der Waals surface area contributed by atoms with Crippen molar-refractivity contribution in [2.45, 2.75) is 138 Å². The highest BCUT2D eigenvalue weighted by atomic mass is 16.4. The molecule has 0 saturated carbocycles. The molecule has 0 aromatic heterocycles. The van der Waals surface area contributed by atoms with Crippen LogP contribution < -0.4 is 22.1 Å². The number of guanidine groups is 1. The van der Waals surface area contributed by atoms with Crippen LogP contribution in [0.4, 0.5) is 0 Å². The first-order chi connectivity index (χ1) is 47.3. The van der Waals surface area contributed by atoms with Gasteiger partial charge in [0, 0.05) is 158 Å². The summed E-state index contributed by atoms with van der Waals surface area (Å²) in [6.45, 7) is 7.41. The number of aliphatic carboxylic acids is 1. The van der Waals surface area contributed by atoms with E-state index in [1.165, 1.54) is 77.4 Å². The standard InChI is InChI=1S/C68H115N15O19/c1-43(2)29-49(53(87)30-47(24-25-66(100)101)52(86)31-48(67(102)45(5)6)21-18-19-27-72-68(69)70)32-51(85)46(7)73-55(89)33-74(8)57(91)35-76(10)59(93)37-78(12)61(95)39-80(14)63(97)41-82(16)65(99)42-83(17)64(98)40-81(15)62(96)38-79(13)60(94)36-77(11)58(92)34-75(9)56(90)26-28-71-54(88)23-20-22-50(84)44(3)4/h43-49H,18-42H2,1-17H3,(H,71,88)(H,73,89)(H,100,101)(H4,69,70,72)/t46-,47+,48+,49+/m1/s1. The Hall–Kier alpha value is -9.27. The maximum atomic E-state index is 14.0. The molecule has 0 aromatic carbocycles. The Bertz CT molecular complexity index is 2990. The van der Waals surface area contributed by atoms with Gasteiger partial charge in [0.25, 0.3) is 0 Å². The van der Waals surface area contributed by atoms with Gasteiger partial charge in [0.2, 0.25) is 70.9 Å². The van der Waals surface area contributed by atoms with E-state index in [-0.39, 0.29) is 99.7 Å². The Balaban J connectivity index is 5.27. The molecular formula is C68H115N15O19. The maximum Gasteiger partial charge on any atom is 0.303 e. The van der Waals surface area contributed by atoms with E-state index in [9.17, 15) is 91.4 Å². The number of likely N-dealkylation sites (N-methyl/N-ethyl adjacent to an activating group) is 10. The summed E-state index contributed by atoms with van der Waals surface area (Å²) < 4.78 is 0. The minimum atomic E-state index is -1.18. The third kappa shape index (κ3) is 37.4. The SMILES string of the molecule is CC(C)C[C@@H](CC(=O)[C@@H](C)NC(=O)CN(C)C(=O)CN(C)C(=O)CN(C)C(=O)CN(C)C(=O)CN(C)C(=O)CN(C)C(=O)CN(C)C(=O)CN(C)C(=O)CN(C)C(=O)CN(C)C(=O)CCNC(=O)CCCC(=O)C(C)C)C(=O)C[C@H](CCC(=O)O)C(=O)C[C@H](CCCCN=C(N)N)C(=O)C(C)C. The number of carbonyl (C=O) groups is 18. The first-order valence-corrected chi connectivity index (χ1v) is 34.2. The normalized spacial score (nSPS) is 12.1. The predicted octanol–water partition coefficient (Wildman–Crippen LogP) is -1.72. The Morgan fingerprint density at radius 2 is 0.716 bits per heavy atom. The highest BCUT2D eigenvalue weighted by Gasteiger charge is 2.34. The molecule has 7 N–H and O–H groups in total. The molecule has 0 aliphatic carbocycles. The fourth-order valence-electron chi connectivity index (χ4n) is 10.0. The number of carbonyl (C=O) groups excluding carboxylic acids is 17. The molecule has 34 nitrogen and oxygen atoms in total. The summed E-state index contributed by atoms with van der Waals surface area (Å²) in [5, 5.41) is 14.7. The number of rotatable bonds is 50. The molecule has 0 saturated heterocycles. The summed E-state index contributed by atoms with van der Waals surface area (Å²) in [5.41, 5.74) is 10.8. The molecule has 0 unspecified atom stereocenters. The zero-order valence-electron chi connectivity index (χ0n) is 63.1. The van der Waals surface area contributed by atoms with Crippen LogP contribution in [-0.4, -0.2) is 321 Å². The van der Waals surface area contributed by atoms with E-state index >= 15 is 0 Å². The fourth-order valence-corrected chi connectivity index (χ4v) is 10.0. The minimum absolute atomic E-state index is 0.0231. The number of carboxylic acid groups (broad SMARTS) is 1. The summed E-state index contributed by atoms with van der Waals surface area (Å²) in [6.07, 6.45) is 0.928. The van der Waals surface area contributed by atoms with Crippen molar-refractivity contribution in [3.05, 3.63) is 0 Å². The predicted molar refractivity (Wildman–Crippen MR) is 375 cm³/mol. The molecule has 12 amide bonds. The van der Waals surface area contributed by atoms with Crippen molar-refractivity contribution >= 4 is 112 Å². The number of Topliss-reactive ketones (excluding diaryl/α,β-unsaturated/α-hetero) is 5. The second kappa shape index (κ2) is 47.0. The first kappa shape index (κ1) is 92.7. The van der Waals surface area contributed by atoms with E-state index in [4.69, 9.17) is 11.5 Å². The second-order valence-electron chi connectivity index (χ2n) is 27.4. The number of aliphatic imine (C=N–C) groups is 1. The Morgan fingerprint density at radius 1 is 0.363 bits per heavy atom. The fraction of sp³-hybridized carbons (Fsp3) is 0.721. The van der Waals surface area contributed by atoms with E-state index in [1.54, 1.807) is 27.7 Å².